The molecule has 0 aromatic heterocycles. The number of rotatable bonds is 3. The number of carbonyl (C=O) groups is 1. The third-order valence-corrected chi connectivity index (χ3v) is 5.22. The molecule has 1 fully saturated rings. The molecule has 21 heavy (non-hydrogen) atoms. The van der Waals surface area contributed by atoms with Crippen LogP contribution in [0.1, 0.15) is 24.3 Å². The number of halogens is 3. The maximum atomic E-state index is 13.1. The molecular formula is C13H14F3NO3S. The van der Waals surface area contributed by atoms with Crippen molar-refractivity contribution in [3.05, 3.63) is 35.9 Å². The minimum Gasteiger partial charge on any atom is -0.274 e. The van der Waals surface area contributed by atoms with E-state index < -0.39 is 34.4 Å². The smallest absolute Gasteiger partial charge is 0.274 e. The van der Waals surface area contributed by atoms with Crippen LogP contribution >= 0.6 is 0 Å². The highest BCUT2D eigenvalue weighted by molar-refractivity contribution is 7.89. The SMILES string of the molecule is O=C(CC(c1ccccc1)C(F)(F)F)N1CCCS1(=O)=O. The van der Waals surface area contributed by atoms with Gasteiger partial charge in [0.15, 0.2) is 0 Å². The molecule has 1 amide bonds. The van der Waals surface area contributed by atoms with Gasteiger partial charge >= 0.3 is 6.18 Å². The number of alkyl halides is 3. The number of hydrogen-bond acceptors (Lipinski definition) is 3. The van der Waals surface area contributed by atoms with Crippen LogP contribution in [0.4, 0.5) is 13.2 Å². The topological polar surface area (TPSA) is 54.5 Å². The van der Waals surface area contributed by atoms with Crippen LogP contribution in [0, 0.1) is 0 Å². The van der Waals surface area contributed by atoms with Crippen molar-refractivity contribution in [1.29, 1.82) is 0 Å². The molecule has 0 spiro atoms. The third-order valence-electron chi connectivity index (χ3n) is 3.35. The van der Waals surface area contributed by atoms with Gasteiger partial charge < -0.3 is 0 Å². The van der Waals surface area contributed by atoms with Crippen molar-refractivity contribution >= 4 is 15.9 Å². The van der Waals surface area contributed by atoms with E-state index in [1.54, 1.807) is 6.07 Å². The number of sulfonamides is 1. The minimum absolute atomic E-state index is 0.0411. The van der Waals surface area contributed by atoms with E-state index in [9.17, 15) is 26.4 Å². The van der Waals surface area contributed by atoms with E-state index in [2.05, 4.69) is 0 Å². The summed E-state index contributed by atoms with van der Waals surface area (Å²) in [5.74, 6) is -3.19. The number of hydrogen-bond donors (Lipinski definition) is 0. The Labute approximate surface area is 120 Å². The van der Waals surface area contributed by atoms with Gasteiger partial charge in [-0.2, -0.15) is 13.2 Å². The molecule has 116 valence electrons. The lowest BCUT2D eigenvalue weighted by atomic mass is 9.95. The average Bonchev–Trinajstić information content (AvgIpc) is 2.75. The van der Waals surface area contributed by atoms with Crippen molar-refractivity contribution in [2.24, 2.45) is 0 Å². The number of nitrogens with zero attached hydrogens (tertiary/aromatic N) is 1. The maximum Gasteiger partial charge on any atom is 0.396 e. The fourth-order valence-electron chi connectivity index (χ4n) is 2.30. The molecule has 4 nitrogen and oxygen atoms in total. The molecule has 1 aromatic carbocycles. The van der Waals surface area contributed by atoms with Crippen molar-refractivity contribution < 1.29 is 26.4 Å². The summed E-state index contributed by atoms with van der Waals surface area (Å²) >= 11 is 0. The number of amides is 1. The van der Waals surface area contributed by atoms with Gasteiger partial charge in [0.05, 0.1) is 11.7 Å². The lowest BCUT2D eigenvalue weighted by molar-refractivity contribution is -0.159. The molecule has 1 atom stereocenters. The Morgan fingerprint density at radius 3 is 2.33 bits per heavy atom. The Morgan fingerprint density at radius 2 is 1.86 bits per heavy atom. The first-order valence-corrected chi connectivity index (χ1v) is 7.97. The van der Waals surface area contributed by atoms with Crippen molar-refractivity contribution in [3.8, 4) is 0 Å². The predicted octanol–water partition coefficient (Wildman–Crippen LogP) is 2.28. The molecule has 0 radical (unpaired) electrons. The molecule has 1 heterocycles. The number of benzene rings is 1. The van der Waals surface area contributed by atoms with Crippen molar-refractivity contribution in [2.45, 2.75) is 24.9 Å². The first-order valence-electron chi connectivity index (χ1n) is 6.37. The Balaban J connectivity index is 2.23. The summed E-state index contributed by atoms with van der Waals surface area (Å²) in [6.45, 7) is -0.0411. The van der Waals surface area contributed by atoms with Gasteiger partial charge in [-0.25, -0.2) is 12.7 Å². The molecule has 1 saturated heterocycles. The molecule has 1 aliphatic rings. The fraction of sp³-hybridized carbons (Fsp3) is 0.462. The van der Waals surface area contributed by atoms with Gasteiger partial charge in [-0.05, 0) is 12.0 Å². The van der Waals surface area contributed by atoms with Crippen LogP contribution in [0.15, 0.2) is 30.3 Å². The summed E-state index contributed by atoms with van der Waals surface area (Å²) in [6.07, 6.45) is -5.25. The van der Waals surface area contributed by atoms with Crippen LogP contribution in [-0.2, 0) is 14.8 Å². The van der Waals surface area contributed by atoms with Gasteiger partial charge in [-0.15, -0.1) is 0 Å². The molecule has 2 rings (SSSR count). The summed E-state index contributed by atoms with van der Waals surface area (Å²) < 4.78 is 63.1. The van der Waals surface area contributed by atoms with Gasteiger partial charge in [0.25, 0.3) is 0 Å². The van der Waals surface area contributed by atoms with E-state index in [1.807, 2.05) is 0 Å². The van der Waals surface area contributed by atoms with Crippen molar-refractivity contribution in [3.63, 3.8) is 0 Å². The molecule has 1 unspecified atom stereocenters. The zero-order valence-corrected chi connectivity index (χ0v) is 11.8. The second-order valence-electron chi connectivity index (χ2n) is 4.84. The van der Waals surface area contributed by atoms with E-state index >= 15 is 0 Å². The highest BCUT2D eigenvalue weighted by atomic mass is 32.2. The van der Waals surface area contributed by atoms with Crippen LogP contribution in [0.25, 0.3) is 0 Å². The van der Waals surface area contributed by atoms with Gasteiger partial charge in [-0.1, -0.05) is 30.3 Å². The standard InChI is InChI=1S/C13H14F3NO3S/c14-13(15,16)11(10-5-2-1-3-6-10)9-12(18)17-7-4-8-21(17,19)20/h1-3,5-6,11H,4,7-9H2. The summed E-state index contributed by atoms with van der Waals surface area (Å²) in [5, 5.41) is 0. The van der Waals surface area contributed by atoms with Crippen LogP contribution in [-0.4, -0.2) is 37.1 Å². The Morgan fingerprint density at radius 1 is 1.24 bits per heavy atom. The first kappa shape index (κ1) is 15.8. The quantitative estimate of drug-likeness (QED) is 0.858. The van der Waals surface area contributed by atoms with Crippen LogP contribution in [0.3, 0.4) is 0 Å². The molecule has 0 bridgehead atoms. The van der Waals surface area contributed by atoms with Gasteiger partial charge in [0.1, 0.15) is 0 Å². The maximum absolute atomic E-state index is 13.1. The summed E-state index contributed by atoms with van der Waals surface area (Å²) in [7, 11) is -3.74. The highest BCUT2D eigenvalue weighted by Crippen LogP contribution is 2.38. The monoisotopic (exact) mass is 321 g/mol. The van der Waals surface area contributed by atoms with Gasteiger partial charge in [0.2, 0.25) is 15.9 Å². The van der Waals surface area contributed by atoms with Crippen LogP contribution in [0.5, 0.6) is 0 Å². The number of carbonyl (C=O) groups excluding carboxylic acids is 1. The molecule has 1 aliphatic heterocycles. The Bertz CT molecular complexity index is 613. The minimum atomic E-state index is -4.61. The van der Waals surface area contributed by atoms with E-state index in [0.29, 0.717) is 4.31 Å². The molecule has 0 aliphatic carbocycles. The predicted molar refractivity (Wildman–Crippen MR) is 70.0 cm³/mol. The lowest BCUT2D eigenvalue weighted by Gasteiger charge is -2.23. The molecule has 0 saturated carbocycles. The second-order valence-corrected chi connectivity index (χ2v) is 6.86. The van der Waals surface area contributed by atoms with Crippen LogP contribution < -0.4 is 0 Å². The normalized spacial score (nSPS) is 19.5. The molecule has 0 N–H and O–H groups in total. The fourth-order valence-corrected chi connectivity index (χ4v) is 3.81. The lowest BCUT2D eigenvalue weighted by Crippen LogP contribution is -2.35. The van der Waals surface area contributed by atoms with E-state index in [4.69, 9.17) is 0 Å². The van der Waals surface area contributed by atoms with Gasteiger partial charge in [-0.3, -0.25) is 4.79 Å². The second kappa shape index (κ2) is 5.67. The average molecular weight is 321 g/mol. The van der Waals surface area contributed by atoms with E-state index in [0.717, 1.165) is 0 Å². The Hall–Kier alpha value is -1.57. The summed E-state index contributed by atoms with van der Waals surface area (Å²) in [4.78, 5) is 11.9. The largest absolute Gasteiger partial charge is 0.396 e. The van der Waals surface area contributed by atoms with Gasteiger partial charge in [0, 0.05) is 13.0 Å². The summed E-state index contributed by atoms with van der Waals surface area (Å²) in [6, 6.07) is 7.04. The molecular weight excluding hydrogens is 307 g/mol. The third kappa shape index (κ3) is 3.55. The van der Waals surface area contributed by atoms with Crippen molar-refractivity contribution in [1.82, 2.24) is 4.31 Å². The molecule has 1 aromatic rings. The highest BCUT2D eigenvalue weighted by Gasteiger charge is 2.44. The zero-order chi connectivity index (χ0) is 15.7. The molecule has 8 heteroatoms. The van der Waals surface area contributed by atoms with Crippen molar-refractivity contribution in [2.75, 3.05) is 12.3 Å². The first-order chi connectivity index (χ1) is 9.72. The van der Waals surface area contributed by atoms with Crippen LogP contribution in [0.2, 0.25) is 0 Å². The summed E-state index contributed by atoms with van der Waals surface area (Å²) in [5.41, 5.74) is -0.0463. The van der Waals surface area contributed by atoms with E-state index in [1.165, 1.54) is 24.3 Å². The van der Waals surface area contributed by atoms with E-state index in [-0.39, 0.29) is 24.3 Å². The zero-order valence-electron chi connectivity index (χ0n) is 11.0. The Kier molecular flexibility index (Phi) is 4.27.